The molecule has 232 valence electrons. The molecule has 14 heteroatoms. The maximum absolute atomic E-state index is 13.1. The van der Waals surface area contributed by atoms with Crippen LogP contribution in [0.1, 0.15) is 31.0 Å². The first-order valence-electron chi connectivity index (χ1n) is 13.0. The largest absolute Gasteiger partial charge is 0.505 e. The molecular weight excluding hydrogens is 587 g/mol. The minimum atomic E-state index is -4.55. The summed E-state index contributed by atoms with van der Waals surface area (Å²) >= 11 is 0. The highest BCUT2D eigenvalue weighted by Crippen LogP contribution is 2.43. The number of hydrogen-bond donors (Lipinski definition) is 1. The van der Waals surface area contributed by atoms with Gasteiger partial charge in [0.05, 0.1) is 16.7 Å². The SMILES string of the molecule is COCOc1cc(C(F)(F)F)ccc1OC1[C@@H]2CC[C@H]1CN(c1ccc(C#N)cn1)C2.Oc1cc(C(F)(F)F)ccc1F.[3HH]. The number of aromatic hydroxyl groups is 1. The van der Waals surface area contributed by atoms with E-state index in [2.05, 4.69) is 16.0 Å². The fourth-order valence-electron chi connectivity index (χ4n) is 5.04. The van der Waals surface area contributed by atoms with E-state index in [1.54, 1.807) is 12.3 Å². The lowest BCUT2D eigenvalue weighted by Crippen LogP contribution is -2.47. The number of aromatic nitrogens is 1. The lowest BCUT2D eigenvalue weighted by atomic mass is 9.94. The van der Waals surface area contributed by atoms with Gasteiger partial charge >= 0.3 is 12.4 Å². The van der Waals surface area contributed by atoms with Crippen molar-refractivity contribution in [3.8, 4) is 23.3 Å². The second-order valence-corrected chi connectivity index (χ2v) is 9.98. The molecule has 0 radical (unpaired) electrons. The minimum Gasteiger partial charge on any atom is -0.505 e. The molecule has 2 bridgehead atoms. The number of alkyl halides is 6. The van der Waals surface area contributed by atoms with Gasteiger partial charge < -0.3 is 24.2 Å². The minimum absolute atomic E-state index is 0. The summed E-state index contributed by atoms with van der Waals surface area (Å²) in [5.74, 6) is -0.507. The molecule has 1 aliphatic carbocycles. The van der Waals surface area contributed by atoms with Crippen LogP contribution in [0.3, 0.4) is 0 Å². The van der Waals surface area contributed by atoms with Gasteiger partial charge in [-0.25, -0.2) is 9.37 Å². The smallest absolute Gasteiger partial charge is 0.416 e. The highest BCUT2D eigenvalue weighted by Gasteiger charge is 2.44. The van der Waals surface area contributed by atoms with Crippen LogP contribution in [0.15, 0.2) is 54.7 Å². The van der Waals surface area contributed by atoms with E-state index in [9.17, 15) is 30.7 Å². The van der Waals surface area contributed by atoms with Crippen molar-refractivity contribution in [1.29, 1.82) is 5.26 Å². The van der Waals surface area contributed by atoms with Crippen molar-refractivity contribution < 1.29 is 51.5 Å². The van der Waals surface area contributed by atoms with Crippen LogP contribution >= 0.6 is 0 Å². The van der Waals surface area contributed by atoms with E-state index in [1.807, 2.05) is 6.07 Å². The number of halogens is 7. The van der Waals surface area contributed by atoms with Crippen LogP contribution in [0.4, 0.5) is 36.6 Å². The molecule has 3 atom stereocenters. The molecule has 43 heavy (non-hydrogen) atoms. The average Bonchev–Trinajstić information content (AvgIpc) is 3.18. The fraction of sp³-hybridized carbons (Fsp3) is 0.379. The number of piperidine rings is 1. The molecule has 1 saturated carbocycles. The molecule has 0 amide bonds. The van der Waals surface area contributed by atoms with Crippen molar-refractivity contribution >= 4 is 5.82 Å². The Morgan fingerprint density at radius 3 is 2.12 bits per heavy atom. The Kier molecular flexibility index (Phi) is 9.54. The first-order chi connectivity index (χ1) is 20.3. The lowest BCUT2D eigenvalue weighted by Gasteiger charge is -2.38. The van der Waals surface area contributed by atoms with Gasteiger partial charge in [-0.2, -0.15) is 31.6 Å². The molecule has 2 aliphatic rings. The highest BCUT2D eigenvalue weighted by atomic mass is 19.4. The molecule has 1 aliphatic heterocycles. The number of pyridine rings is 1. The third kappa shape index (κ3) is 7.78. The van der Waals surface area contributed by atoms with Crippen LogP contribution < -0.4 is 14.4 Å². The summed E-state index contributed by atoms with van der Waals surface area (Å²) in [5.41, 5.74) is -1.35. The molecule has 2 heterocycles. The van der Waals surface area contributed by atoms with Crippen LogP contribution in [0.2, 0.25) is 0 Å². The van der Waals surface area contributed by atoms with E-state index in [0.717, 1.165) is 43.9 Å². The zero-order valence-electron chi connectivity index (χ0n) is 22.6. The van der Waals surface area contributed by atoms with Crippen LogP contribution in [0.25, 0.3) is 0 Å². The second-order valence-electron chi connectivity index (χ2n) is 9.98. The Bertz CT molecular complexity index is 1430. The van der Waals surface area contributed by atoms with Crippen LogP contribution in [-0.4, -0.2) is 43.2 Å². The summed E-state index contributed by atoms with van der Waals surface area (Å²) < 4.78 is 104. The number of rotatable bonds is 6. The molecule has 2 aromatic carbocycles. The highest BCUT2D eigenvalue weighted by molar-refractivity contribution is 5.45. The van der Waals surface area contributed by atoms with E-state index < -0.39 is 35.0 Å². The van der Waals surface area contributed by atoms with E-state index in [-0.39, 0.29) is 37.7 Å². The number of methoxy groups -OCH3 is 1. The number of ether oxygens (including phenoxy) is 3. The Morgan fingerprint density at radius 1 is 0.953 bits per heavy atom. The summed E-state index contributed by atoms with van der Waals surface area (Å²) in [6.07, 6.45) is -5.64. The summed E-state index contributed by atoms with van der Waals surface area (Å²) in [4.78, 5) is 6.56. The van der Waals surface area contributed by atoms with E-state index in [0.29, 0.717) is 23.8 Å². The zero-order chi connectivity index (χ0) is 31.4. The fourth-order valence-corrected chi connectivity index (χ4v) is 5.04. The normalized spacial score (nSPS) is 19.7. The van der Waals surface area contributed by atoms with Crippen LogP contribution in [0, 0.1) is 29.0 Å². The molecule has 1 saturated heterocycles. The molecule has 1 unspecified atom stereocenters. The van der Waals surface area contributed by atoms with Crippen molar-refractivity contribution in [2.45, 2.75) is 31.3 Å². The van der Waals surface area contributed by atoms with Crippen molar-refractivity contribution in [3.05, 3.63) is 77.2 Å². The first-order valence-corrected chi connectivity index (χ1v) is 13.0. The maximum atomic E-state index is 13.1. The molecule has 0 spiro atoms. The summed E-state index contributed by atoms with van der Waals surface area (Å²) in [7, 11) is 1.40. The zero-order valence-corrected chi connectivity index (χ0v) is 22.6. The van der Waals surface area contributed by atoms with Gasteiger partial charge in [-0.3, -0.25) is 0 Å². The number of nitriles is 1. The van der Waals surface area contributed by atoms with Gasteiger partial charge in [-0.1, -0.05) is 0 Å². The maximum Gasteiger partial charge on any atom is 0.416 e. The Hall–Kier alpha value is -4.25. The number of benzene rings is 2. The van der Waals surface area contributed by atoms with E-state index >= 15 is 0 Å². The van der Waals surface area contributed by atoms with Gasteiger partial charge in [0.1, 0.15) is 18.0 Å². The predicted molar refractivity (Wildman–Crippen MR) is 141 cm³/mol. The summed E-state index contributed by atoms with van der Waals surface area (Å²) in [6, 6.07) is 10.4. The molecule has 5 rings (SSSR count). The molecule has 3 aromatic rings. The van der Waals surface area contributed by atoms with Crippen molar-refractivity contribution in [1.82, 2.24) is 4.98 Å². The molecule has 1 N–H and O–H groups in total. The van der Waals surface area contributed by atoms with Crippen molar-refractivity contribution in [3.63, 3.8) is 0 Å². The van der Waals surface area contributed by atoms with Crippen LogP contribution in [-0.2, 0) is 17.1 Å². The van der Waals surface area contributed by atoms with Gasteiger partial charge in [-0.05, 0) is 61.4 Å². The Labute approximate surface area is 243 Å². The van der Waals surface area contributed by atoms with Gasteiger partial charge in [0.2, 0.25) is 0 Å². The number of nitrogens with zero attached hydrogens (tertiary/aromatic N) is 3. The van der Waals surface area contributed by atoms with Crippen molar-refractivity contribution in [2.75, 3.05) is 31.9 Å². The predicted octanol–water partition coefficient (Wildman–Crippen LogP) is 7.04. The number of phenols is 1. The number of anilines is 1. The topological polar surface area (TPSA) is 87.8 Å². The third-order valence-corrected chi connectivity index (χ3v) is 7.09. The molecule has 7 nitrogen and oxygen atoms in total. The molecular formula is C29H28F7N3O4. The van der Waals surface area contributed by atoms with Gasteiger partial charge in [0.25, 0.3) is 0 Å². The monoisotopic (exact) mass is 617 g/mol. The van der Waals surface area contributed by atoms with Crippen molar-refractivity contribution in [2.24, 2.45) is 11.8 Å². The third-order valence-electron chi connectivity index (χ3n) is 7.09. The van der Waals surface area contributed by atoms with Crippen LogP contribution in [0.5, 0.6) is 17.2 Å². The van der Waals surface area contributed by atoms with Gasteiger partial charge in [0.15, 0.2) is 29.9 Å². The average molecular weight is 618 g/mol. The Balaban J connectivity index is 0.000000344. The number of hydrogen-bond acceptors (Lipinski definition) is 7. The molecule has 2 fully saturated rings. The van der Waals surface area contributed by atoms with E-state index in [4.69, 9.17) is 24.6 Å². The first kappa shape index (κ1) is 31.7. The Morgan fingerprint density at radius 2 is 1.58 bits per heavy atom. The molecule has 1 aromatic heterocycles. The summed E-state index contributed by atoms with van der Waals surface area (Å²) in [5, 5.41) is 17.5. The number of phenolic OH excluding ortho intramolecular Hbond substituents is 1. The quantitative estimate of drug-likeness (QED) is 0.234. The standard InChI is InChI=1S/C22H22F3N3O3.C7H4F4O.H2/c1-29-13-30-19-8-17(22(23,24)25)5-6-18(19)31-21-15-3-4-16(21)12-28(11-15)20-7-2-14(9-26)10-27-20;8-5-2-1-4(3-6(5)12)7(9,10)11;/h2,5-8,10,15-16,21H,3-4,11-13H2,1H3;1-3,12H;1H/t15-,16+,21?;;/i;;1+2. The second kappa shape index (κ2) is 12.9. The number of fused-ring (bicyclic) bond motifs is 2. The van der Waals surface area contributed by atoms with Gasteiger partial charge in [0, 0.05) is 39.7 Å². The lowest BCUT2D eigenvalue weighted by molar-refractivity contribution is -0.138. The van der Waals surface area contributed by atoms with Gasteiger partial charge in [-0.15, -0.1) is 0 Å². The van der Waals surface area contributed by atoms with E-state index in [1.165, 1.54) is 13.2 Å². The summed E-state index contributed by atoms with van der Waals surface area (Å²) in [6.45, 7) is 1.29.